The van der Waals surface area contributed by atoms with Gasteiger partial charge in [-0.1, -0.05) is 92.8 Å². The summed E-state index contributed by atoms with van der Waals surface area (Å²) in [5.41, 5.74) is 10.5. The number of rotatable bonds is 5. The Morgan fingerprint density at radius 3 is 1.87 bits per heavy atom. The molecule has 0 bridgehead atoms. The lowest BCUT2D eigenvalue weighted by Crippen LogP contribution is -2.43. The maximum atomic E-state index is 4.93. The maximum Gasteiger partial charge on any atom is 0.0886 e. The normalized spacial score (nSPS) is 21.5. The van der Waals surface area contributed by atoms with Gasteiger partial charge in [0.2, 0.25) is 0 Å². The van der Waals surface area contributed by atoms with Crippen LogP contribution in [-0.4, -0.2) is 19.9 Å². The number of allylic oxidation sites excluding steroid dienone is 8. The van der Waals surface area contributed by atoms with E-state index < -0.39 is 0 Å². The highest BCUT2D eigenvalue weighted by Gasteiger charge is 2.40. The molecule has 0 N–H and O–H groups in total. The van der Waals surface area contributed by atoms with Crippen molar-refractivity contribution in [3.05, 3.63) is 179 Å². The van der Waals surface area contributed by atoms with Crippen molar-refractivity contribution in [2.75, 3.05) is 0 Å². The van der Waals surface area contributed by atoms with Crippen LogP contribution in [0.15, 0.2) is 152 Å². The highest BCUT2D eigenvalue weighted by atomic mass is 14.8. The summed E-state index contributed by atoms with van der Waals surface area (Å²) < 4.78 is 0. The van der Waals surface area contributed by atoms with Crippen LogP contribution in [0.4, 0.5) is 0 Å². The number of fused-ring (bicyclic) bond motifs is 2. The van der Waals surface area contributed by atoms with E-state index in [9.17, 15) is 0 Å². The molecule has 5 aromatic rings. The van der Waals surface area contributed by atoms with Crippen LogP contribution in [0.1, 0.15) is 43.4 Å². The van der Waals surface area contributed by atoms with Crippen LogP contribution in [0.5, 0.6) is 0 Å². The highest BCUT2D eigenvalue weighted by molar-refractivity contribution is 5.91. The molecule has 222 valence electrons. The Morgan fingerprint density at radius 1 is 0.587 bits per heavy atom. The summed E-state index contributed by atoms with van der Waals surface area (Å²) in [5, 5.41) is 2.48. The standard InChI is InChI=1S/C42H34N4/c1-41(21-7-3-8-22-41)31-17-18-32-33(26-31)39(29-15-19-37(45-27-29)35-13-5-10-24-43-35)34-12-4-9-23-42(34,2)40(32)30-16-20-38(46-28-30)36-14-6-11-25-44-36/h3-21,24-28H,22-23H2,1-2H3. The minimum Gasteiger partial charge on any atom is -0.255 e. The lowest BCUT2D eigenvalue weighted by Gasteiger charge is -2.41. The summed E-state index contributed by atoms with van der Waals surface area (Å²) >= 11 is 0. The second kappa shape index (κ2) is 11.1. The van der Waals surface area contributed by atoms with Gasteiger partial charge in [-0.05, 0) is 93.6 Å². The molecule has 0 spiro atoms. The van der Waals surface area contributed by atoms with Gasteiger partial charge in [0.1, 0.15) is 0 Å². The molecule has 3 aliphatic rings. The van der Waals surface area contributed by atoms with E-state index in [1.54, 1.807) is 0 Å². The molecule has 1 aromatic carbocycles. The molecule has 4 aromatic heterocycles. The fourth-order valence-corrected chi connectivity index (χ4v) is 7.27. The minimum atomic E-state index is -0.260. The molecule has 4 nitrogen and oxygen atoms in total. The number of aromatic nitrogens is 4. The van der Waals surface area contributed by atoms with Crippen molar-refractivity contribution in [3.8, 4) is 22.8 Å². The first kappa shape index (κ1) is 28.0. The van der Waals surface area contributed by atoms with Gasteiger partial charge in [-0.15, -0.1) is 0 Å². The summed E-state index contributed by atoms with van der Waals surface area (Å²) in [6.45, 7) is 4.71. The fraction of sp³-hybridized carbons (Fsp3) is 0.143. The molecule has 0 radical (unpaired) electrons. The van der Waals surface area contributed by atoms with Gasteiger partial charge < -0.3 is 0 Å². The molecule has 0 saturated heterocycles. The first-order chi connectivity index (χ1) is 22.5. The zero-order valence-corrected chi connectivity index (χ0v) is 26.1. The summed E-state index contributed by atoms with van der Waals surface area (Å²) in [6.07, 6.45) is 25.3. The monoisotopic (exact) mass is 594 g/mol. The molecule has 0 amide bonds. The third-order valence-corrected chi connectivity index (χ3v) is 9.77. The van der Waals surface area contributed by atoms with Crippen molar-refractivity contribution in [2.45, 2.75) is 32.1 Å². The molecule has 3 aliphatic carbocycles. The summed E-state index contributed by atoms with van der Waals surface area (Å²) in [6, 6.07) is 27.6. The van der Waals surface area contributed by atoms with Crippen LogP contribution in [0.25, 0.3) is 33.9 Å². The Hall–Kier alpha value is -5.48. The summed E-state index contributed by atoms with van der Waals surface area (Å²) in [7, 11) is 0. The van der Waals surface area contributed by atoms with Gasteiger partial charge in [-0.3, -0.25) is 19.9 Å². The van der Waals surface area contributed by atoms with Crippen LogP contribution in [0.3, 0.4) is 0 Å². The first-order valence-corrected chi connectivity index (χ1v) is 15.9. The van der Waals surface area contributed by atoms with Gasteiger partial charge in [-0.25, -0.2) is 0 Å². The van der Waals surface area contributed by atoms with Crippen molar-refractivity contribution >= 4 is 11.1 Å². The van der Waals surface area contributed by atoms with E-state index in [1.807, 2.05) is 61.2 Å². The first-order valence-electron chi connectivity index (χ1n) is 15.9. The van der Waals surface area contributed by atoms with E-state index in [-0.39, 0.29) is 10.8 Å². The van der Waals surface area contributed by atoms with Gasteiger partial charge in [0.05, 0.1) is 22.8 Å². The van der Waals surface area contributed by atoms with E-state index in [0.29, 0.717) is 0 Å². The Labute approximate surface area is 269 Å². The second-order valence-corrected chi connectivity index (χ2v) is 12.8. The second-order valence-electron chi connectivity index (χ2n) is 12.8. The molecule has 46 heavy (non-hydrogen) atoms. The topological polar surface area (TPSA) is 51.6 Å². The lowest BCUT2D eigenvalue weighted by atomic mass is 9.62. The average Bonchev–Trinajstić information content (AvgIpc) is 3.11. The summed E-state index contributed by atoms with van der Waals surface area (Å²) in [4.78, 5) is 18.9. The Kier molecular flexibility index (Phi) is 6.79. The van der Waals surface area contributed by atoms with Crippen LogP contribution in [0, 0.1) is 5.41 Å². The van der Waals surface area contributed by atoms with Gasteiger partial charge in [0, 0.05) is 41.2 Å². The van der Waals surface area contributed by atoms with Crippen molar-refractivity contribution in [1.29, 1.82) is 0 Å². The number of hydrogen-bond acceptors (Lipinski definition) is 4. The van der Waals surface area contributed by atoms with E-state index in [2.05, 4.69) is 109 Å². The molecule has 4 heterocycles. The number of benzene rings is 1. The van der Waals surface area contributed by atoms with Gasteiger partial charge in [-0.2, -0.15) is 0 Å². The predicted molar refractivity (Wildman–Crippen MR) is 186 cm³/mol. The molecule has 8 rings (SSSR count). The summed E-state index contributed by atoms with van der Waals surface area (Å²) in [5.74, 6) is 0. The van der Waals surface area contributed by atoms with Crippen LogP contribution >= 0.6 is 0 Å². The molecule has 2 atom stereocenters. The maximum absolute atomic E-state index is 4.93. The smallest absolute Gasteiger partial charge is 0.0886 e. The Bertz CT molecular complexity index is 2190. The van der Waals surface area contributed by atoms with Crippen molar-refractivity contribution < 1.29 is 0 Å². The molecule has 0 saturated carbocycles. The van der Waals surface area contributed by atoms with Crippen molar-refractivity contribution in [1.82, 2.24) is 19.9 Å². The van der Waals surface area contributed by atoms with E-state index >= 15 is 0 Å². The van der Waals surface area contributed by atoms with Crippen molar-refractivity contribution in [3.63, 3.8) is 0 Å². The van der Waals surface area contributed by atoms with E-state index in [1.165, 1.54) is 32.7 Å². The van der Waals surface area contributed by atoms with E-state index in [4.69, 9.17) is 9.97 Å². The zero-order chi connectivity index (χ0) is 31.1. The Balaban J connectivity index is 1.40. The molecule has 0 aliphatic heterocycles. The largest absolute Gasteiger partial charge is 0.255 e. The zero-order valence-electron chi connectivity index (χ0n) is 26.1. The molecule has 4 heteroatoms. The molecular weight excluding hydrogens is 560 g/mol. The Morgan fingerprint density at radius 2 is 1.26 bits per heavy atom. The van der Waals surface area contributed by atoms with E-state index in [0.717, 1.165) is 46.7 Å². The van der Waals surface area contributed by atoms with Gasteiger partial charge in [0.15, 0.2) is 0 Å². The molecular formula is C42H34N4. The number of hydrogen-bond donors (Lipinski definition) is 0. The van der Waals surface area contributed by atoms with Crippen LogP contribution in [0.2, 0.25) is 0 Å². The minimum absolute atomic E-state index is 0.0797. The van der Waals surface area contributed by atoms with Crippen LogP contribution < -0.4 is 10.4 Å². The average molecular weight is 595 g/mol. The predicted octanol–water partition coefficient (Wildman–Crippen LogP) is 7.68. The lowest BCUT2D eigenvalue weighted by molar-refractivity contribution is 0.546. The fourth-order valence-electron chi connectivity index (χ4n) is 7.27. The quantitative estimate of drug-likeness (QED) is 0.210. The van der Waals surface area contributed by atoms with Gasteiger partial charge in [0.25, 0.3) is 0 Å². The third kappa shape index (κ3) is 4.69. The van der Waals surface area contributed by atoms with Gasteiger partial charge >= 0.3 is 0 Å². The molecule has 2 unspecified atom stereocenters. The highest BCUT2D eigenvalue weighted by Crippen LogP contribution is 2.50. The number of pyridine rings is 4. The SMILES string of the molecule is CC12CC=CC=C1C(c1ccc(-c3ccccn3)nc1)=c1cc(C3(C)C=CC=CC3)ccc1=C2c1ccc(-c2ccccn2)nc1. The molecule has 0 fully saturated rings. The number of nitrogens with zero attached hydrogens (tertiary/aromatic N) is 4. The van der Waals surface area contributed by atoms with Crippen molar-refractivity contribution in [2.24, 2.45) is 5.41 Å². The van der Waals surface area contributed by atoms with Crippen LogP contribution in [-0.2, 0) is 5.41 Å². The third-order valence-electron chi connectivity index (χ3n) is 9.77.